The molecule has 4 N–H and O–H groups in total. The zero-order valence-corrected chi connectivity index (χ0v) is 10.2. The van der Waals surface area contributed by atoms with Gasteiger partial charge in [0.05, 0.1) is 5.56 Å². The number of H-pyrrole nitrogens is 1. The van der Waals surface area contributed by atoms with E-state index in [2.05, 4.69) is 10.3 Å². The van der Waals surface area contributed by atoms with Crippen molar-refractivity contribution in [3.05, 3.63) is 36.0 Å². The molecule has 1 fully saturated rings. The lowest BCUT2D eigenvalue weighted by atomic mass is 9.78. The van der Waals surface area contributed by atoms with E-state index in [-0.39, 0.29) is 11.4 Å². The molecule has 1 aliphatic rings. The van der Waals surface area contributed by atoms with Crippen molar-refractivity contribution in [2.75, 3.05) is 6.54 Å². The molecule has 4 nitrogen and oxygen atoms in total. The highest BCUT2D eigenvalue weighted by Gasteiger charge is 2.32. The van der Waals surface area contributed by atoms with Crippen LogP contribution in [0.25, 0.3) is 10.9 Å². The van der Waals surface area contributed by atoms with Crippen LogP contribution < -0.4 is 11.1 Å². The highest BCUT2D eigenvalue weighted by molar-refractivity contribution is 6.06. The van der Waals surface area contributed by atoms with Crippen LogP contribution >= 0.6 is 0 Å². The number of rotatable bonds is 3. The van der Waals surface area contributed by atoms with Gasteiger partial charge < -0.3 is 16.0 Å². The summed E-state index contributed by atoms with van der Waals surface area (Å²) in [6.07, 6.45) is 4.92. The van der Waals surface area contributed by atoms with Gasteiger partial charge >= 0.3 is 0 Å². The molecule has 1 aliphatic carbocycles. The maximum absolute atomic E-state index is 12.1. The second-order valence-electron chi connectivity index (χ2n) is 5.15. The number of amides is 1. The van der Waals surface area contributed by atoms with Crippen LogP contribution in [-0.2, 0) is 0 Å². The first-order chi connectivity index (χ1) is 8.68. The molecule has 0 aliphatic heterocycles. The Labute approximate surface area is 106 Å². The molecule has 94 valence electrons. The molecule has 4 heteroatoms. The van der Waals surface area contributed by atoms with Gasteiger partial charge in [-0.2, -0.15) is 0 Å². The second-order valence-corrected chi connectivity index (χ2v) is 5.15. The fourth-order valence-electron chi connectivity index (χ4n) is 2.42. The maximum atomic E-state index is 12.1. The van der Waals surface area contributed by atoms with Crippen LogP contribution in [0, 0.1) is 0 Å². The zero-order chi connectivity index (χ0) is 12.6. The zero-order valence-electron chi connectivity index (χ0n) is 10.2. The van der Waals surface area contributed by atoms with Gasteiger partial charge in [-0.15, -0.1) is 0 Å². The van der Waals surface area contributed by atoms with Gasteiger partial charge in [-0.3, -0.25) is 4.79 Å². The molecule has 18 heavy (non-hydrogen) atoms. The minimum atomic E-state index is -0.179. The highest BCUT2D eigenvalue weighted by Crippen LogP contribution is 2.28. The quantitative estimate of drug-likeness (QED) is 0.769. The number of para-hydroxylation sites is 1. The summed E-state index contributed by atoms with van der Waals surface area (Å²) < 4.78 is 0. The molecule has 1 saturated carbocycles. The molecule has 0 bridgehead atoms. The molecular formula is C14H17N3O. The fraction of sp³-hybridized carbons (Fsp3) is 0.357. The molecule has 1 aromatic carbocycles. The number of hydrogen-bond acceptors (Lipinski definition) is 2. The van der Waals surface area contributed by atoms with Crippen molar-refractivity contribution in [2.24, 2.45) is 5.73 Å². The predicted molar refractivity (Wildman–Crippen MR) is 71.4 cm³/mol. The lowest BCUT2D eigenvalue weighted by Crippen LogP contribution is -2.54. The molecule has 0 unspecified atom stereocenters. The van der Waals surface area contributed by atoms with Gasteiger partial charge in [-0.1, -0.05) is 18.2 Å². The van der Waals surface area contributed by atoms with Crippen LogP contribution in [0.3, 0.4) is 0 Å². The molecule has 0 radical (unpaired) electrons. The lowest BCUT2D eigenvalue weighted by Gasteiger charge is -2.38. The number of carbonyl (C=O) groups excluding carboxylic acids is 1. The molecule has 1 heterocycles. The summed E-state index contributed by atoms with van der Waals surface area (Å²) in [4.78, 5) is 15.2. The third kappa shape index (κ3) is 1.88. The van der Waals surface area contributed by atoms with Crippen molar-refractivity contribution in [2.45, 2.75) is 24.8 Å². The summed E-state index contributed by atoms with van der Waals surface area (Å²) in [7, 11) is 0. The van der Waals surface area contributed by atoms with Crippen LogP contribution in [0.2, 0.25) is 0 Å². The van der Waals surface area contributed by atoms with Crippen molar-refractivity contribution in [3.8, 4) is 0 Å². The van der Waals surface area contributed by atoms with Gasteiger partial charge in [-0.25, -0.2) is 0 Å². The Morgan fingerprint density at radius 1 is 1.39 bits per heavy atom. The van der Waals surface area contributed by atoms with Crippen LogP contribution in [0.4, 0.5) is 0 Å². The van der Waals surface area contributed by atoms with Gasteiger partial charge in [0.25, 0.3) is 5.91 Å². The van der Waals surface area contributed by atoms with Crippen molar-refractivity contribution < 1.29 is 4.79 Å². The Hall–Kier alpha value is -1.81. The van der Waals surface area contributed by atoms with E-state index >= 15 is 0 Å². The summed E-state index contributed by atoms with van der Waals surface area (Å²) in [5.41, 5.74) is 7.58. The Morgan fingerprint density at radius 3 is 2.89 bits per heavy atom. The Kier molecular flexibility index (Phi) is 2.59. The van der Waals surface area contributed by atoms with E-state index in [1.165, 1.54) is 6.42 Å². The molecule has 2 aromatic rings. The SMILES string of the molecule is NC1(CNC(=O)c2c[nH]c3ccccc23)CCC1. The van der Waals surface area contributed by atoms with Crippen molar-refractivity contribution in [3.63, 3.8) is 0 Å². The summed E-state index contributed by atoms with van der Waals surface area (Å²) in [6, 6.07) is 7.79. The van der Waals surface area contributed by atoms with Gasteiger partial charge in [0.15, 0.2) is 0 Å². The Balaban J connectivity index is 1.75. The van der Waals surface area contributed by atoms with E-state index in [1.807, 2.05) is 24.3 Å². The first-order valence-electron chi connectivity index (χ1n) is 6.31. The maximum Gasteiger partial charge on any atom is 0.253 e. The minimum Gasteiger partial charge on any atom is -0.360 e. The third-order valence-corrected chi connectivity index (χ3v) is 3.78. The van der Waals surface area contributed by atoms with E-state index in [4.69, 9.17) is 5.73 Å². The number of hydrogen-bond donors (Lipinski definition) is 3. The lowest BCUT2D eigenvalue weighted by molar-refractivity contribution is 0.0931. The third-order valence-electron chi connectivity index (χ3n) is 3.78. The monoisotopic (exact) mass is 243 g/mol. The summed E-state index contributed by atoms with van der Waals surface area (Å²) in [5, 5.41) is 3.89. The standard InChI is InChI=1S/C14H17N3O/c15-14(6-3-7-14)9-17-13(18)11-8-16-12-5-2-1-4-10(11)12/h1-2,4-5,8,16H,3,6-7,9,15H2,(H,17,18). The Bertz CT molecular complexity index is 583. The molecule has 0 atom stereocenters. The largest absolute Gasteiger partial charge is 0.360 e. The molecule has 0 saturated heterocycles. The Morgan fingerprint density at radius 2 is 2.17 bits per heavy atom. The van der Waals surface area contributed by atoms with Crippen molar-refractivity contribution in [1.82, 2.24) is 10.3 Å². The van der Waals surface area contributed by atoms with Gasteiger partial charge in [0.2, 0.25) is 0 Å². The minimum absolute atomic E-state index is 0.0517. The summed E-state index contributed by atoms with van der Waals surface area (Å²) in [5.74, 6) is -0.0517. The smallest absolute Gasteiger partial charge is 0.253 e. The van der Waals surface area contributed by atoms with Crippen LogP contribution in [-0.4, -0.2) is 23.0 Å². The van der Waals surface area contributed by atoms with Gasteiger partial charge in [0, 0.05) is 29.2 Å². The first kappa shape index (κ1) is 11.3. The van der Waals surface area contributed by atoms with E-state index in [1.54, 1.807) is 6.20 Å². The second kappa shape index (κ2) is 4.14. The predicted octanol–water partition coefficient (Wildman–Crippen LogP) is 1.78. The number of carbonyl (C=O) groups is 1. The number of nitrogens with one attached hydrogen (secondary N) is 2. The van der Waals surface area contributed by atoms with Crippen LogP contribution in [0.15, 0.2) is 30.5 Å². The average molecular weight is 243 g/mol. The molecule has 1 aromatic heterocycles. The number of benzene rings is 1. The molecular weight excluding hydrogens is 226 g/mol. The summed E-state index contributed by atoms with van der Waals surface area (Å²) in [6.45, 7) is 0.561. The molecule has 3 rings (SSSR count). The normalized spacial score (nSPS) is 17.4. The van der Waals surface area contributed by atoms with Gasteiger partial charge in [0.1, 0.15) is 0 Å². The van der Waals surface area contributed by atoms with E-state index in [9.17, 15) is 4.79 Å². The van der Waals surface area contributed by atoms with Crippen LogP contribution in [0.1, 0.15) is 29.6 Å². The number of aromatic nitrogens is 1. The van der Waals surface area contributed by atoms with Crippen molar-refractivity contribution >= 4 is 16.8 Å². The number of aromatic amines is 1. The topological polar surface area (TPSA) is 70.9 Å². The molecule has 0 spiro atoms. The molecule has 1 amide bonds. The van der Waals surface area contributed by atoms with Gasteiger partial charge in [-0.05, 0) is 25.3 Å². The summed E-state index contributed by atoms with van der Waals surface area (Å²) >= 11 is 0. The number of nitrogens with two attached hydrogens (primary N) is 1. The fourth-order valence-corrected chi connectivity index (χ4v) is 2.42. The van der Waals surface area contributed by atoms with Crippen molar-refractivity contribution in [1.29, 1.82) is 0 Å². The average Bonchev–Trinajstić information content (AvgIpc) is 2.77. The van der Waals surface area contributed by atoms with Crippen LogP contribution in [0.5, 0.6) is 0 Å². The number of fused-ring (bicyclic) bond motifs is 1. The van der Waals surface area contributed by atoms with E-state index in [0.717, 1.165) is 23.7 Å². The van der Waals surface area contributed by atoms with E-state index < -0.39 is 0 Å². The highest BCUT2D eigenvalue weighted by atomic mass is 16.1. The first-order valence-corrected chi connectivity index (χ1v) is 6.31. The van der Waals surface area contributed by atoms with E-state index in [0.29, 0.717) is 12.1 Å².